The van der Waals surface area contributed by atoms with Crippen LogP contribution in [-0.4, -0.2) is 11.1 Å². The van der Waals surface area contributed by atoms with Crippen LogP contribution in [0.3, 0.4) is 0 Å². The predicted octanol–water partition coefficient (Wildman–Crippen LogP) is 3.95. The van der Waals surface area contributed by atoms with Crippen molar-refractivity contribution in [2.45, 2.75) is 13.0 Å². The van der Waals surface area contributed by atoms with Crippen molar-refractivity contribution < 1.29 is 0 Å². The van der Waals surface area contributed by atoms with Gasteiger partial charge in [-0.3, -0.25) is 0 Å². The van der Waals surface area contributed by atoms with Crippen molar-refractivity contribution in [3.8, 4) is 0 Å². The highest BCUT2D eigenvalue weighted by atomic mass is 79.9. The molecule has 1 aromatic heterocycles. The van der Waals surface area contributed by atoms with E-state index in [0.29, 0.717) is 6.54 Å². The number of halogens is 1. The molecule has 0 saturated heterocycles. The van der Waals surface area contributed by atoms with Crippen LogP contribution in [0.25, 0.3) is 10.9 Å². The molecule has 0 aliphatic heterocycles. The number of benzene rings is 2. The van der Waals surface area contributed by atoms with Gasteiger partial charge < -0.3 is 10.3 Å². The highest BCUT2D eigenvalue weighted by molar-refractivity contribution is 9.10. The Hall–Kier alpha value is -1.58. The van der Waals surface area contributed by atoms with Crippen molar-refractivity contribution in [3.05, 3.63) is 70.3 Å². The molecule has 0 amide bonds. The van der Waals surface area contributed by atoms with E-state index in [9.17, 15) is 0 Å². The number of hydrogen-bond donors (Lipinski definition) is 1. The Morgan fingerprint density at radius 2 is 1.90 bits per heavy atom. The van der Waals surface area contributed by atoms with Gasteiger partial charge in [-0.25, -0.2) is 0 Å². The third-order valence-electron chi connectivity index (χ3n) is 3.56. The summed E-state index contributed by atoms with van der Waals surface area (Å²) >= 11 is 3.52. The second-order valence-electron chi connectivity index (χ2n) is 4.96. The van der Waals surface area contributed by atoms with Gasteiger partial charge in [-0.1, -0.05) is 40.2 Å². The average Bonchev–Trinajstić information content (AvgIpc) is 2.84. The monoisotopic (exact) mass is 328 g/mol. The standard InChI is InChI=1S/C17H17BrN2/c18-15-5-1-3-13(11-15)12-20-10-8-16-14(7-9-19)4-2-6-17(16)20/h1-6,8,10-11H,7,9,12,19H2. The zero-order valence-electron chi connectivity index (χ0n) is 11.2. The summed E-state index contributed by atoms with van der Waals surface area (Å²) < 4.78 is 3.41. The molecule has 0 aliphatic carbocycles. The molecular formula is C17H17BrN2. The average molecular weight is 329 g/mol. The second-order valence-corrected chi connectivity index (χ2v) is 5.88. The van der Waals surface area contributed by atoms with Gasteiger partial charge >= 0.3 is 0 Å². The van der Waals surface area contributed by atoms with Crippen LogP contribution in [0.2, 0.25) is 0 Å². The molecule has 0 saturated carbocycles. The van der Waals surface area contributed by atoms with E-state index in [0.717, 1.165) is 17.4 Å². The molecule has 3 heteroatoms. The molecule has 2 N–H and O–H groups in total. The number of nitrogens with two attached hydrogens (primary N) is 1. The van der Waals surface area contributed by atoms with Crippen molar-refractivity contribution in [2.75, 3.05) is 6.54 Å². The molecule has 0 aliphatic rings. The summed E-state index contributed by atoms with van der Waals surface area (Å²) in [6, 6.07) is 17.1. The van der Waals surface area contributed by atoms with Crippen molar-refractivity contribution in [3.63, 3.8) is 0 Å². The molecule has 0 spiro atoms. The highest BCUT2D eigenvalue weighted by Gasteiger charge is 2.05. The topological polar surface area (TPSA) is 30.9 Å². The van der Waals surface area contributed by atoms with E-state index < -0.39 is 0 Å². The predicted molar refractivity (Wildman–Crippen MR) is 87.9 cm³/mol. The smallest absolute Gasteiger partial charge is 0.0486 e. The lowest BCUT2D eigenvalue weighted by atomic mass is 10.1. The fourth-order valence-corrected chi connectivity index (χ4v) is 3.08. The third kappa shape index (κ3) is 2.65. The first-order valence-electron chi connectivity index (χ1n) is 6.79. The lowest BCUT2D eigenvalue weighted by Gasteiger charge is -2.07. The largest absolute Gasteiger partial charge is 0.343 e. The van der Waals surface area contributed by atoms with E-state index in [-0.39, 0.29) is 0 Å². The van der Waals surface area contributed by atoms with E-state index in [1.165, 1.54) is 22.0 Å². The normalized spacial score (nSPS) is 11.1. The van der Waals surface area contributed by atoms with Crippen molar-refractivity contribution in [1.82, 2.24) is 4.57 Å². The first-order valence-corrected chi connectivity index (χ1v) is 7.58. The van der Waals surface area contributed by atoms with Gasteiger partial charge in [0, 0.05) is 28.1 Å². The van der Waals surface area contributed by atoms with Crippen LogP contribution < -0.4 is 5.73 Å². The summed E-state index contributed by atoms with van der Waals surface area (Å²) in [5.41, 5.74) is 9.58. The minimum atomic E-state index is 0.690. The van der Waals surface area contributed by atoms with Gasteiger partial charge in [0.2, 0.25) is 0 Å². The molecule has 0 bridgehead atoms. The minimum Gasteiger partial charge on any atom is -0.343 e. The number of nitrogens with zero attached hydrogens (tertiary/aromatic N) is 1. The van der Waals surface area contributed by atoms with Crippen LogP contribution in [0.4, 0.5) is 0 Å². The maximum Gasteiger partial charge on any atom is 0.0486 e. The van der Waals surface area contributed by atoms with Crippen LogP contribution in [0.5, 0.6) is 0 Å². The van der Waals surface area contributed by atoms with E-state index in [2.05, 4.69) is 75.2 Å². The first-order chi connectivity index (χ1) is 9.78. The van der Waals surface area contributed by atoms with Crippen LogP contribution in [0, 0.1) is 0 Å². The molecule has 0 fully saturated rings. The lowest BCUT2D eigenvalue weighted by molar-refractivity contribution is 0.836. The Morgan fingerprint density at radius 1 is 1.05 bits per heavy atom. The third-order valence-corrected chi connectivity index (χ3v) is 4.05. The molecular weight excluding hydrogens is 312 g/mol. The van der Waals surface area contributed by atoms with Crippen LogP contribution in [-0.2, 0) is 13.0 Å². The van der Waals surface area contributed by atoms with Crippen LogP contribution >= 0.6 is 15.9 Å². The van der Waals surface area contributed by atoms with Gasteiger partial charge in [0.05, 0.1) is 0 Å². The molecule has 0 radical (unpaired) electrons. The summed E-state index contributed by atoms with van der Waals surface area (Å²) in [6.07, 6.45) is 3.09. The van der Waals surface area contributed by atoms with Gasteiger partial charge in [-0.2, -0.15) is 0 Å². The SMILES string of the molecule is NCCc1cccc2c1ccn2Cc1cccc(Br)c1. The number of rotatable bonds is 4. The summed E-state index contributed by atoms with van der Waals surface area (Å²) in [7, 11) is 0. The Kier molecular flexibility index (Phi) is 3.90. The van der Waals surface area contributed by atoms with Gasteiger partial charge in [0.25, 0.3) is 0 Å². The highest BCUT2D eigenvalue weighted by Crippen LogP contribution is 2.22. The van der Waals surface area contributed by atoms with Gasteiger partial charge in [-0.15, -0.1) is 0 Å². The molecule has 3 rings (SSSR count). The van der Waals surface area contributed by atoms with Crippen molar-refractivity contribution in [1.29, 1.82) is 0 Å². The zero-order chi connectivity index (χ0) is 13.9. The number of aromatic nitrogens is 1. The number of fused-ring (bicyclic) bond motifs is 1. The summed E-state index contributed by atoms with van der Waals surface area (Å²) in [4.78, 5) is 0. The van der Waals surface area contributed by atoms with E-state index in [4.69, 9.17) is 5.73 Å². The summed E-state index contributed by atoms with van der Waals surface area (Å²) in [6.45, 7) is 1.57. The lowest BCUT2D eigenvalue weighted by Crippen LogP contribution is -2.03. The second kappa shape index (κ2) is 5.81. The fourth-order valence-electron chi connectivity index (χ4n) is 2.63. The van der Waals surface area contributed by atoms with Crippen molar-refractivity contribution >= 4 is 26.8 Å². The van der Waals surface area contributed by atoms with Gasteiger partial charge in [0.1, 0.15) is 0 Å². The fraction of sp³-hybridized carbons (Fsp3) is 0.176. The summed E-state index contributed by atoms with van der Waals surface area (Å²) in [5.74, 6) is 0. The molecule has 102 valence electrons. The quantitative estimate of drug-likeness (QED) is 0.772. The molecule has 20 heavy (non-hydrogen) atoms. The Balaban J connectivity index is 1.98. The Morgan fingerprint density at radius 3 is 2.70 bits per heavy atom. The van der Waals surface area contributed by atoms with Crippen LogP contribution in [0.15, 0.2) is 59.2 Å². The molecule has 0 unspecified atom stereocenters. The zero-order valence-corrected chi connectivity index (χ0v) is 12.8. The molecule has 0 atom stereocenters. The summed E-state index contributed by atoms with van der Waals surface area (Å²) in [5, 5.41) is 1.31. The Bertz CT molecular complexity index is 731. The van der Waals surface area contributed by atoms with Crippen molar-refractivity contribution in [2.24, 2.45) is 5.73 Å². The first kappa shape index (κ1) is 13.4. The molecule has 3 aromatic rings. The van der Waals surface area contributed by atoms with Crippen LogP contribution in [0.1, 0.15) is 11.1 Å². The van der Waals surface area contributed by atoms with Gasteiger partial charge in [0.15, 0.2) is 0 Å². The molecule has 1 heterocycles. The maximum atomic E-state index is 5.69. The van der Waals surface area contributed by atoms with Gasteiger partial charge in [-0.05, 0) is 48.4 Å². The van der Waals surface area contributed by atoms with E-state index in [1.807, 2.05) is 0 Å². The van der Waals surface area contributed by atoms with E-state index >= 15 is 0 Å². The Labute approximate surface area is 127 Å². The number of hydrogen-bond acceptors (Lipinski definition) is 1. The maximum absolute atomic E-state index is 5.69. The minimum absolute atomic E-state index is 0.690. The van der Waals surface area contributed by atoms with E-state index in [1.54, 1.807) is 0 Å². The molecule has 2 aromatic carbocycles. The molecule has 2 nitrogen and oxygen atoms in total.